The first-order chi connectivity index (χ1) is 11.1. The van der Waals surface area contributed by atoms with E-state index in [0.29, 0.717) is 5.92 Å². The van der Waals surface area contributed by atoms with Crippen LogP contribution in [0.25, 0.3) is 5.69 Å². The number of nitrogens with zero attached hydrogens (tertiary/aromatic N) is 3. The Morgan fingerprint density at radius 1 is 1.38 bits per heavy atom. The Labute approximate surface area is 148 Å². The van der Waals surface area contributed by atoms with E-state index in [1.165, 1.54) is 0 Å². The zero-order valence-electron chi connectivity index (χ0n) is 14.0. The van der Waals surface area contributed by atoms with Crippen LogP contribution < -0.4 is 10.6 Å². The van der Waals surface area contributed by atoms with Gasteiger partial charge in [-0.05, 0) is 37.9 Å². The van der Waals surface area contributed by atoms with Crippen molar-refractivity contribution < 1.29 is 4.79 Å². The molecule has 2 heterocycles. The van der Waals surface area contributed by atoms with Gasteiger partial charge in [-0.1, -0.05) is 30.3 Å². The summed E-state index contributed by atoms with van der Waals surface area (Å²) in [4.78, 5) is 12.3. The Balaban J connectivity index is 0.00000208. The third-order valence-corrected chi connectivity index (χ3v) is 4.49. The fourth-order valence-corrected chi connectivity index (χ4v) is 2.93. The monoisotopic (exact) mass is 349 g/mol. The minimum Gasteiger partial charge on any atom is -0.351 e. The first-order valence-corrected chi connectivity index (χ1v) is 8.12. The SMILES string of the molecule is Cc1c(CC(=O)NC2CNCCC2C)nnn1-c1ccccc1.Cl. The molecule has 6 nitrogen and oxygen atoms in total. The Kier molecular flexibility index (Phi) is 6.34. The molecule has 1 saturated heterocycles. The highest BCUT2D eigenvalue weighted by atomic mass is 35.5. The maximum absolute atomic E-state index is 12.3. The number of aromatic nitrogens is 3. The first-order valence-electron chi connectivity index (χ1n) is 8.12. The van der Waals surface area contributed by atoms with Crippen molar-refractivity contribution in [3.63, 3.8) is 0 Å². The van der Waals surface area contributed by atoms with Crippen molar-refractivity contribution in [2.45, 2.75) is 32.7 Å². The van der Waals surface area contributed by atoms with Gasteiger partial charge in [0.05, 0.1) is 23.5 Å². The molecule has 0 aliphatic carbocycles. The van der Waals surface area contributed by atoms with Crippen molar-refractivity contribution in [2.75, 3.05) is 13.1 Å². The number of carbonyl (C=O) groups is 1. The highest BCUT2D eigenvalue weighted by molar-refractivity contribution is 5.85. The number of carbonyl (C=O) groups excluding carboxylic acids is 1. The van der Waals surface area contributed by atoms with E-state index in [2.05, 4.69) is 27.9 Å². The van der Waals surface area contributed by atoms with Crippen LogP contribution in [0.3, 0.4) is 0 Å². The minimum absolute atomic E-state index is 0. The third-order valence-electron chi connectivity index (χ3n) is 4.49. The Bertz CT molecular complexity index is 673. The quantitative estimate of drug-likeness (QED) is 0.880. The van der Waals surface area contributed by atoms with Crippen LogP contribution in [0.15, 0.2) is 30.3 Å². The van der Waals surface area contributed by atoms with Gasteiger partial charge in [0.25, 0.3) is 0 Å². The number of hydrogen-bond donors (Lipinski definition) is 2. The van der Waals surface area contributed by atoms with E-state index in [1.54, 1.807) is 4.68 Å². The number of nitrogens with one attached hydrogen (secondary N) is 2. The van der Waals surface area contributed by atoms with Gasteiger partial charge in [0, 0.05) is 12.6 Å². The van der Waals surface area contributed by atoms with Gasteiger partial charge in [0.1, 0.15) is 0 Å². The van der Waals surface area contributed by atoms with Crippen LogP contribution in [0.2, 0.25) is 0 Å². The van der Waals surface area contributed by atoms with Gasteiger partial charge in [0.2, 0.25) is 5.91 Å². The molecule has 1 fully saturated rings. The number of rotatable bonds is 4. The van der Waals surface area contributed by atoms with E-state index in [1.807, 2.05) is 37.3 Å². The molecule has 1 aliphatic heterocycles. The second-order valence-corrected chi connectivity index (χ2v) is 6.19. The topological polar surface area (TPSA) is 71.8 Å². The average Bonchev–Trinajstić information content (AvgIpc) is 2.91. The fraction of sp³-hybridized carbons (Fsp3) is 0.471. The summed E-state index contributed by atoms with van der Waals surface area (Å²) in [6, 6.07) is 10.0. The van der Waals surface area contributed by atoms with Crippen LogP contribution in [-0.4, -0.2) is 40.0 Å². The van der Waals surface area contributed by atoms with E-state index in [9.17, 15) is 4.79 Å². The molecule has 2 atom stereocenters. The van der Waals surface area contributed by atoms with Gasteiger partial charge >= 0.3 is 0 Å². The normalized spacial score (nSPS) is 20.2. The van der Waals surface area contributed by atoms with E-state index in [0.717, 1.165) is 36.6 Å². The lowest BCUT2D eigenvalue weighted by molar-refractivity contribution is -0.121. The van der Waals surface area contributed by atoms with Gasteiger partial charge in [-0.3, -0.25) is 4.79 Å². The molecular formula is C17H24ClN5O. The minimum atomic E-state index is 0. The zero-order chi connectivity index (χ0) is 16.2. The molecule has 130 valence electrons. The Hall–Kier alpha value is -1.92. The highest BCUT2D eigenvalue weighted by Crippen LogP contribution is 2.14. The summed E-state index contributed by atoms with van der Waals surface area (Å²) < 4.78 is 1.77. The number of piperidine rings is 1. The highest BCUT2D eigenvalue weighted by Gasteiger charge is 2.23. The summed E-state index contributed by atoms with van der Waals surface area (Å²) in [5.74, 6) is 0.509. The molecule has 1 aromatic carbocycles. The number of amides is 1. The van der Waals surface area contributed by atoms with Crippen LogP contribution in [-0.2, 0) is 11.2 Å². The van der Waals surface area contributed by atoms with Crippen LogP contribution in [0, 0.1) is 12.8 Å². The maximum atomic E-state index is 12.3. The van der Waals surface area contributed by atoms with Crippen molar-refractivity contribution in [1.29, 1.82) is 0 Å². The Morgan fingerprint density at radius 3 is 2.83 bits per heavy atom. The summed E-state index contributed by atoms with van der Waals surface area (Å²) in [6.45, 7) is 5.99. The standard InChI is InChI=1S/C17H23N5O.ClH/c1-12-8-9-18-11-16(12)19-17(23)10-15-13(2)22(21-20-15)14-6-4-3-5-7-14;/h3-7,12,16,18H,8-11H2,1-2H3,(H,19,23);1H. The number of benzene rings is 1. The summed E-state index contributed by atoms with van der Waals surface area (Å²) in [6.07, 6.45) is 1.36. The Morgan fingerprint density at radius 2 is 2.12 bits per heavy atom. The molecule has 2 unspecified atom stereocenters. The van der Waals surface area contributed by atoms with Gasteiger partial charge in [0.15, 0.2) is 0 Å². The lowest BCUT2D eigenvalue weighted by Gasteiger charge is -2.30. The predicted octanol–water partition coefficient (Wildman–Crippen LogP) is 1.65. The van der Waals surface area contributed by atoms with E-state index in [4.69, 9.17) is 0 Å². The molecule has 3 rings (SSSR count). The fourth-order valence-electron chi connectivity index (χ4n) is 2.93. The average molecular weight is 350 g/mol. The van der Waals surface area contributed by atoms with Crippen molar-refractivity contribution in [2.24, 2.45) is 5.92 Å². The smallest absolute Gasteiger partial charge is 0.226 e. The molecule has 1 aromatic heterocycles. The van der Waals surface area contributed by atoms with Crippen LogP contribution in [0.5, 0.6) is 0 Å². The molecule has 2 N–H and O–H groups in total. The number of para-hydroxylation sites is 1. The molecule has 0 saturated carbocycles. The largest absolute Gasteiger partial charge is 0.351 e. The zero-order valence-corrected chi connectivity index (χ0v) is 14.8. The molecule has 0 bridgehead atoms. The van der Waals surface area contributed by atoms with Gasteiger partial charge in [-0.25, -0.2) is 4.68 Å². The summed E-state index contributed by atoms with van der Waals surface area (Å²) in [7, 11) is 0. The van der Waals surface area contributed by atoms with Crippen LogP contribution in [0.1, 0.15) is 24.7 Å². The summed E-state index contributed by atoms with van der Waals surface area (Å²) in [5.41, 5.74) is 2.58. The van der Waals surface area contributed by atoms with Crippen molar-refractivity contribution >= 4 is 18.3 Å². The number of hydrogen-bond acceptors (Lipinski definition) is 4. The van der Waals surface area contributed by atoms with Gasteiger partial charge in [-0.15, -0.1) is 17.5 Å². The molecular weight excluding hydrogens is 326 g/mol. The van der Waals surface area contributed by atoms with Crippen LogP contribution in [0.4, 0.5) is 0 Å². The summed E-state index contributed by atoms with van der Waals surface area (Å²) in [5, 5.41) is 14.8. The van der Waals surface area contributed by atoms with Gasteiger partial charge < -0.3 is 10.6 Å². The number of halogens is 1. The lowest BCUT2D eigenvalue weighted by atomic mass is 9.94. The maximum Gasteiger partial charge on any atom is 0.226 e. The van der Waals surface area contributed by atoms with E-state index in [-0.39, 0.29) is 30.8 Å². The molecule has 7 heteroatoms. The van der Waals surface area contributed by atoms with Crippen molar-refractivity contribution in [3.8, 4) is 5.69 Å². The second-order valence-electron chi connectivity index (χ2n) is 6.19. The molecule has 0 spiro atoms. The first kappa shape index (κ1) is 18.4. The van der Waals surface area contributed by atoms with Crippen molar-refractivity contribution in [1.82, 2.24) is 25.6 Å². The lowest BCUT2D eigenvalue weighted by Crippen LogP contribution is -2.50. The third kappa shape index (κ3) is 4.13. The molecule has 24 heavy (non-hydrogen) atoms. The van der Waals surface area contributed by atoms with Crippen molar-refractivity contribution in [3.05, 3.63) is 41.7 Å². The second kappa shape index (κ2) is 8.26. The molecule has 1 aliphatic rings. The molecule has 2 aromatic rings. The van der Waals surface area contributed by atoms with Gasteiger partial charge in [-0.2, -0.15) is 0 Å². The van der Waals surface area contributed by atoms with Crippen LogP contribution >= 0.6 is 12.4 Å². The predicted molar refractivity (Wildman–Crippen MR) is 95.6 cm³/mol. The van der Waals surface area contributed by atoms with E-state index < -0.39 is 0 Å². The van der Waals surface area contributed by atoms with E-state index >= 15 is 0 Å². The summed E-state index contributed by atoms with van der Waals surface area (Å²) >= 11 is 0. The molecule has 0 radical (unpaired) electrons. The molecule has 1 amide bonds.